The summed E-state index contributed by atoms with van der Waals surface area (Å²) in [5, 5.41) is 9.64. The Morgan fingerprint density at radius 1 is 0.425 bits per heavy atom. The summed E-state index contributed by atoms with van der Waals surface area (Å²) in [6.45, 7) is 4.68. The van der Waals surface area contributed by atoms with Crippen LogP contribution in [-0.4, -0.2) is 87.4 Å². The van der Waals surface area contributed by atoms with Crippen molar-refractivity contribution in [3.63, 3.8) is 0 Å². The molecule has 0 aromatic heterocycles. The zero-order chi connectivity index (χ0) is 53.4. The molecule has 0 saturated carbocycles. The van der Waals surface area contributed by atoms with Crippen molar-refractivity contribution in [1.82, 2.24) is 0 Å². The number of allylic oxidation sites excluding steroid dienone is 20. The molecule has 0 aliphatic rings. The van der Waals surface area contributed by atoms with Crippen LogP contribution in [-0.2, 0) is 33.3 Å². The summed E-state index contributed by atoms with van der Waals surface area (Å²) in [4.78, 5) is 37.1. The molecule has 9 heteroatoms. The van der Waals surface area contributed by atoms with E-state index in [9.17, 15) is 19.5 Å². The van der Waals surface area contributed by atoms with Crippen molar-refractivity contribution in [3.8, 4) is 0 Å². The number of ether oxygens (including phenoxy) is 4. The number of rotatable bonds is 51. The van der Waals surface area contributed by atoms with Crippen LogP contribution in [0.3, 0.4) is 0 Å². The second-order valence-corrected chi connectivity index (χ2v) is 19.9. The third-order valence-electron chi connectivity index (χ3n) is 11.7. The molecule has 0 aromatic rings. The monoisotopic (exact) mass is 1020 g/mol. The van der Waals surface area contributed by atoms with Crippen molar-refractivity contribution >= 4 is 17.9 Å². The lowest BCUT2D eigenvalue weighted by molar-refractivity contribution is -0.870. The number of aliphatic carboxylic acids is 1. The third-order valence-corrected chi connectivity index (χ3v) is 11.7. The topological polar surface area (TPSA) is 108 Å². The predicted octanol–water partition coefficient (Wildman–Crippen LogP) is 16.9. The van der Waals surface area contributed by atoms with Gasteiger partial charge in [-0.1, -0.05) is 225 Å². The molecule has 2 unspecified atom stereocenters. The molecule has 0 fully saturated rings. The first-order valence-corrected chi connectivity index (χ1v) is 28.7. The van der Waals surface area contributed by atoms with E-state index in [0.29, 0.717) is 23.9 Å². The smallest absolute Gasteiger partial charge is 0.361 e. The summed E-state index contributed by atoms with van der Waals surface area (Å²) in [7, 11) is 5.95. The number of carboxylic acid groups (broad SMARTS) is 1. The van der Waals surface area contributed by atoms with Gasteiger partial charge in [0.05, 0.1) is 34.4 Å². The van der Waals surface area contributed by atoms with E-state index >= 15 is 0 Å². The molecular formula is C64H106NO8+. The van der Waals surface area contributed by atoms with Gasteiger partial charge in [0.2, 0.25) is 0 Å². The van der Waals surface area contributed by atoms with Crippen molar-refractivity contribution in [2.45, 2.75) is 219 Å². The van der Waals surface area contributed by atoms with Crippen LogP contribution >= 0.6 is 0 Å². The fourth-order valence-electron chi connectivity index (χ4n) is 7.33. The number of unbranched alkanes of at least 4 members (excludes halogenated alkanes) is 16. The zero-order valence-corrected chi connectivity index (χ0v) is 47.0. The number of carboxylic acids is 1. The largest absolute Gasteiger partial charge is 0.477 e. The molecule has 0 amide bonds. The van der Waals surface area contributed by atoms with Crippen molar-refractivity contribution in [1.29, 1.82) is 0 Å². The van der Waals surface area contributed by atoms with Crippen LogP contribution in [0, 0.1) is 0 Å². The first-order valence-electron chi connectivity index (χ1n) is 28.7. The third kappa shape index (κ3) is 55.3. The number of esters is 2. The van der Waals surface area contributed by atoms with Crippen LogP contribution in [0.5, 0.6) is 0 Å². The minimum atomic E-state index is -1.51. The second-order valence-electron chi connectivity index (χ2n) is 19.9. The number of carbonyl (C=O) groups is 3. The lowest BCUT2D eigenvalue weighted by atomic mass is 10.0. The average molecular weight is 1020 g/mol. The van der Waals surface area contributed by atoms with Gasteiger partial charge in [0.25, 0.3) is 6.29 Å². The van der Waals surface area contributed by atoms with E-state index in [1.807, 2.05) is 21.1 Å². The summed E-state index contributed by atoms with van der Waals surface area (Å²) >= 11 is 0. The van der Waals surface area contributed by atoms with E-state index in [1.165, 1.54) is 64.2 Å². The molecule has 0 saturated heterocycles. The molecule has 0 bridgehead atoms. The summed E-state index contributed by atoms with van der Waals surface area (Å²) in [6, 6.07) is 0. The van der Waals surface area contributed by atoms with Gasteiger partial charge in [0.15, 0.2) is 6.10 Å². The van der Waals surface area contributed by atoms with Gasteiger partial charge in [-0.3, -0.25) is 9.59 Å². The molecule has 0 rings (SSSR count). The number of carbonyl (C=O) groups excluding carboxylic acids is 2. The molecule has 9 nitrogen and oxygen atoms in total. The van der Waals surface area contributed by atoms with Crippen LogP contribution in [0.1, 0.15) is 206 Å². The molecule has 0 aromatic carbocycles. The maximum absolute atomic E-state index is 12.8. The first-order chi connectivity index (χ1) is 35.6. The van der Waals surface area contributed by atoms with Gasteiger partial charge < -0.3 is 28.5 Å². The Labute approximate surface area is 447 Å². The summed E-state index contributed by atoms with van der Waals surface area (Å²) < 4.78 is 22.7. The van der Waals surface area contributed by atoms with Gasteiger partial charge >= 0.3 is 17.9 Å². The molecular weight excluding hydrogens is 911 g/mol. The summed E-state index contributed by atoms with van der Waals surface area (Å²) in [6.07, 6.45) is 73.2. The van der Waals surface area contributed by atoms with Crippen LogP contribution in [0.2, 0.25) is 0 Å². The maximum Gasteiger partial charge on any atom is 0.361 e. The van der Waals surface area contributed by atoms with Gasteiger partial charge in [-0.05, 0) is 89.9 Å². The van der Waals surface area contributed by atoms with E-state index in [1.54, 1.807) is 0 Å². The van der Waals surface area contributed by atoms with Gasteiger partial charge in [-0.25, -0.2) is 4.79 Å². The van der Waals surface area contributed by atoms with Crippen molar-refractivity contribution in [2.24, 2.45) is 0 Å². The van der Waals surface area contributed by atoms with Gasteiger partial charge in [-0.15, -0.1) is 0 Å². The Morgan fingerprint density at radius 3 is 1.16 bits per heavy atom. The molecule has 73 heavy (non-hydrogen) atoms. The highest BCUT2D eigenvalue weighted by Gasteiger charge is 2.25. The lowest BCUT2D eigenvalue weighted by Crippen LogP contribution is -2.40. The number of quaternary nitrogens is 1. The quantitative estimate of drug-likeness (QED) is 0.0211. The first kappa shape index (κ1) is 68.7. The van der Waals surface area contributed by atoms with Crippen LogP contribution in [0.15, 0.2) is 122 Å². The van der Waals surface area contributed by atoms with Crippen LogP contribution in [0.4, 0.5) is 0 Å². The van der Waals surface area contributed by atoms with Gasteiger partial charge in [0.1, 0.15) is 13.2 Å². The van der Waals surface area contributed by atoms with Crippen molar-refractivity contribution < 1.29 is 42.9 Å². The number of hydrogen-bond acceptors (Lipinski definition) is 7. The Hall–Kier alpha value is -4.31. The lowest BCUT2D eigenvalue weighted by Gasteiger charge is -2.25. The zero-order valence-electron chi connectivity index (χ0n) is 47.0. The van der Waals surface area contributed by atoms with Crippen LogP contribution < -0.4 is 0 Å². The molecule has 0 aliphatic carbocycles. The van der Waals surface area contributed by atoms with Crippen LogP contribution in [0.25, 0.3) is 0 Å². The maximum atomic E-state index is 12.8. The van der Waals surface area contributed by atoms with E-state index in [0.717, 1.165) is 109 Å². The predicted molar refractivity (Wildman–Crippen MR) is 308 cm³/mol. The van der Waals surface area contributed by atoms with E-state index in [4.69, 9.17) is 18.9 Å². The fourth-order valence-corrected chi connectivity index (χ4v) is 7.33. The van der Waals surface area contributed by atoms with E-state index in [-0.39, 0.29) is 32.2 Å². The van der Waals surface area contributed by atoms with Gasteiger partial charge in [-0.2, -0.15) is 0 Å². The summed E-state index contributed by atoms with van der Waals surface area (Å²) in [5.74, 6) is -2.03. The second kappa shape index (κ2) is 54.0. The Bertz CT molecular complexity index is 1610. The molecule has 0 aliphatic heterocycles. The number of hydrogen-bond donors (Lipinski definition) is 1. The molecule has 414 valence electrons. The Morgan fingerprint density at radius 2 is 0.781 bits per heavy atom. The molecule has 0 radical (unpaired) electrons. The van der Waals surface area contributed by atoms with E-state index < -0.39 is 24.3 Å². The fraction of sp³-hybridized carbons (Fsp3) is 0.641. The highest BCUT2D eigenvalue weighted by atomic mass is 16.7. The SMILES string of the molecule is CC/C=C\C/C=C\C/C=C\C/C=C\C/C=C\C/C=C\C/C=C\C/C=C\C/C=C\C/C=C\CCCCCCCCCCCCC(=O)OC(COC(=O)CCCCCCCCC)COC(OCC[N+](C)(C)C)C(=O)O. The average Bonchev–Trinajstić information content (AvgIpc) is 3.36. The standard InChI is InChI=1S/C64H105NO8/c1-6-8-10-12-14-15-16-17-18-19-20-21-22-23-24-25-26-27-28-29-30-31-32-33-34-35-36-37-38-39-40-41-42-43-44-45-46-47-49-51-53-55-62(67)73-60(58-71-61(66)54-52-50-48-13-11-9-7-2)59-72-64(63(68)69)70-57-56-65(3,4)5/h8,10,14-15,17-18,20-21,23-24,26-27,29-30,32-33,35-36,38-39,60,64H,6-7,9,11-13,16,19,22,25,28,31,34,37,40-59H2,1-5H3/p+1/b10-8-,15-14-,18-17-,21-20-,24-23-,27-26-,30-29-,33-32-,36-35-,39-38-. The Kier molecular flexibility index (Phi) is 50.8. The number of likely N-dealkylation sites (N-methyl/N-ethyl adjacent to an activating group) is 1. The Balaban J connectivity index is 4.03. The molecule has 2 atom stereocenters. The molecule has 1 N–H and O–H groups in total. The minimum absolute atomic E-state index is 0.183. The number of nitrogens with zero attached hydrogens (tertiary/aromatic N) is 1. The van der Waals surface area contributed by atoms with Gasteiger partial charge in [0, 0.05) is 12.8 Å². The van der Waals surface area contributed by atoms with Crippen molar-refractivity contribution in [3.05, 3.63) is 122 Å². The molecule has 0 heterocycles. The minimum Gasteiger partial charge on any atom is -0.477 e. The van der Waals surface area contributed by atoms with Crippen molar-refractivity contribution in [2.75, 3.05) is 47.5 Å². The highest BCUT2D eigenvalue weighted by molar-refractivity contribution is 5.71. The highest BCUT2D eigenvalue weighted by Crippen LogP contribution is 2.14. The summed E-state index contributed by atoms with van der Waals surface area (Å²) in [5.41, 5.74) is 0. The molecule has 0 spiro atoms. The normalized spacial score (nSPS) is 13.7. The van der Waals surface area contributed by atoms with E-state index in [2.05, 4.69) is 135 Å².